The summed E-state index contributed by atoms with van der Waals surface area (Å²) in [5, 5.41) is 0. The van der Waals surface area contributed by atoms with E-state index in [4.69, 9.17) is 143 Å². The zero-order valence-electron chi connectivity index (χ0n) is 31.7. The van der Waals surface area contributed by atoms with Crippen LogP contribution in [0.3, 0.4) is 0 Å². The molecule has 0 atom stereocenters. The zero-order chi connectivity index (χ0) is 41.0. The number of rotatable bonds is 24. The molecule has 328 valence electrons. The molecule has 0 saturated heterocycles. The summed E-state index contributed by atoms with van der Waals surface area (Å²) in [4.78, 5) is 0. The molecule has 0 saturated carbocycles. The molecule has 54 heavy (non-hydrogen) atoms. The van der Waals surface area contributed by atoms with Crippen LogP contribution < -0.4 is 0 Å². The van der Waals surface area contributed by atoms with E-state index in [-0.39, 0.29) is 54.0 Å². The predicted octanol–water partition coefficient (Wildman–Crippen LogP) is 10.1. The molecule has 0 aliphatic rings. The summed E-state index contributed by atoms with van der Waals surface area (Å²) >= 11 is 41.7. The maximum Gasteiger partial charge on any atom is -2.00 e. The first-order valence-corrected chi connectivity index (χ1v) is 32.5. The van der Waals surface area contributed by atoms with Crippen molar-refractivity contribution < 1.29 is 106 Å². The maximum absolute atomic E-state index is 8.26. The Bertz CT molecular complexity index is 715. The van der Waals surface area contributed by atoms with Crippen molar-refractivity contribution in [1.29, 1.82) is 0 Å². The van der Waals surface area contributed by atoms with Gasteiger partial charge >= 0.3 is 69.5 Å². The molecule has 0 radical (unpaired) electrons. The summed E-state index contributed by atoms with van der Waals surface area (Å²) in [7, 11) is 0. The fraction of sp³-hybridized carbons (Fsp3) is 1.00. The summed E-state index contributed by atoms with van der Waals surface area (Å²) in [6.45, 7) is 21.1. The minimum atomic E-state index is -2.31. The average Bonchev–Trinajstić information content (AvgIpc) is 3.11. The second kappa shape index (κ2) is 68.6. The second-order valence-electron chi connectivity index (χ2n) is 8.45. The van der Waals surface area contributed by atoms with Crippen molar-refractivity contribution in [3.63, 3.8) is 0 Å². The number of hydrogen-bond acceptors (Lipinski definition) is 19. The Morgan fingerprint density at radius 2 is 0.389 bits per heavy atom. The molecule has 0 unspecified atom stereocenters. The summed E-state index contributed by atoms with van der Waals surface area (Å²) in [6, 6.07) is 0. The molecular weight excluding hydrogens is 1260 g/mol. The van der Waals surface area contributed by atoms with Gasteiger partial charge in [0.15, 0.2) is 0 Å². The van der Waals surface area contributed by atoms with Gasteiger partial charge in [-0.2, -0.15) is 0 Å². The summed E-state index contributed by atoms with van der Waals surface area (Å²) in [6.07, 6.45) is 7.48. The van der Waals surface area contributed by atoms with Crippen molar-refractivity contribution in [2.75, 3.05) is 52.9 Å². The quantitative estimate of drug-likeness (QED) is 0.0517. The normalized spacial score (nSPS) is 10.0. The van der Waals surface area contributed by atoms with E-state index in [9.17, 15) is 0 Å². The van der Waals surface area contributed by atoms with Crippen molar-refractivity contribution >= 4 is 173 Å². The van der Waals surface area contributed by atoms with Gasteiger partial charge < -0.3 is 139 Å². The largest absolute Gasteiger partial charge is 2.00 e. The third kappa shape index (κ3) is 89.5. The fourth-order valence-corrected chi connectivity index (χ4v) is 8.90. The van der Waals surface area contributed by atoms with Crippen LogP contribution in [0.1, 0.15) is 107 Å². The third-order valence-corrected chi connectivity index (χ3v) is 12.7. The monoisotopic (exact) mass is 1320 g/mol. The van der Waals surface area contributed by atoms with Crippen LogP contribution in [0.15, 0.2) is 0 Å². The van der Waals surface area contributed by atoms with Crippen LogP contribution >= 0.6 is 22.8 Å². The van der Waals surface area contributed by atoms with E-state index in [0.717, 1.165) is 51.4 Å². The van der Waals surface area contributed by atoms with E-state index < -0.39 is 22.8 Å². The molecule has 30 heteroatoms. The number of hydrogen-bond donors (Lipinski definition) is 0. The van der Waals surface area contributed by atoms with Crippen LogP contribution in [-0.2, 0) is 256 Å². The predicted molar refractivity (Wildman–Crippen MR) is 248 cm³/mol. The van der Waals surface area contributed by atoms with Gasteiger partial charge in [0.2, 0.25) is 0 Å². The molecule has 0 N–H and O–H groups in total. The van der Waals surface area contributed by atoms with Gasteiger partial charge in [-0.15, -0.1) is 0 Å². The van der Waals surface area contributed by atoms with Crippen LogP contribution in [0, 0.1) is 0 Å². The minimum Gasteiger partial charge on any atom is -2.00 e. The Morgan fingerprint density at radius 3 is 0.444 bits per heavy atom. The minimum absolute atomic E-state index is 0. The van der Waals surface area contributed by atoms with Crippen molar-refractivity contribution in [2.45, 2.75) is 107 Å². The second-order valence-corrected chi connectivity index (χ2v) is 28.4. The topological polar surface area (TPSA) is 125 Å². The van der Waals surface area contributed by atoms with Crippen molar-refractivity contribution in [3.05, 3.63) is 0 Å². The molecule has 0 spiro atoms. The molecule has 0 amide bonds. The average molecular weight is 1320 g/mol. The SMILES string of the molecule is CCCOP(=S)([S-])OCCC.CCCOP(=S)([S-])OCCC.CCCOP(=S)([S-])OCCC.CCCOP(=S)([S-])OCCC.[O]=[Mo+4].[O]=[Mo+4].[O]=[Mo+4].[S-2].[S-2].[S-2].[S-2]. The van der Waals surface area contributed by atoms with Gasteiger partial charge in [0.25, 0.3) is 0 Å². The van der Waals surface area contributed by atoms with Crippen LogP contribution in [0.4, 0.5) is 0 Å². The molecular formula is C24H56Mo3O11P4S12. The van der Waals surface area contributed by atoms with Gasteiger partial charge in [-0.3, -0.25) is 0 Å². The smallest absolute Gasteiger partial charge is 2.00 e. The molecule has 0 rings (SSSR count). The molecule has 0 fully saturated rings. The van der Waals surface area contributed by atoms with Gasteiger partial charge in [0, 0.05) is 0 Å². The molecule has 0 aromatic carbocycles. The molecule has 0 aromatic rings. The molecule has 11 nitrogen and oxygen atoms in total. The van der Waals surface area contributed by atoms with Crippen LogP contribution in [0.5, 0.6) is 0 Å². The van der Waals surface area contributed by atoms with E-state index in [0.29, 0.717) is 112 Å². The zero-order valence-corrected chi connectivity index (χ0v) is 51.1. The Balaban J connectivity index is -0.0000000472. The van der Waals surface area contributed by atoms with E-state index in [1.165, 1.54) is 0 Å². The van der Waals surface area contributed by atoms with E-state index in [1.807, 2.05) is 55.4 Å². The van der Waals surface area contributed by atoms with Gasteiger partial charge in [0.1, 0.15) is 0 Å². The molecule has 0 aliphatic heterocycles. The molecule has 0 heterocycles. The fourth-order valence-electron chi connectivity index (χ4n) is 1.77. The first kappa shape index (κ1) is 87.5. The van der Waals surface area contributed by atoms with Crippen molar-refractivity contribution in [3.8, 4) is 0 Å². The summed E-state index contributed by atoms with van der Waals surface area (Å²) in [5.41, 5.74) is -9.24. The first-order chi connectivity index (χ1) is 23.5. The van der Waals surface area contributed by atoms with Crippen LogP contribution in [-0.4, -0.2) is 52.9 Å². The van der Waals surface area contributed by atoms with E-state index >= 15 is 0 Å². The van der Waals surface area contributed by atoms with Crippen molar-refractivity contribution in [2.24, 2.45) is 0 Å². The molecule has 0 bridgehead atoms. The van der Waals surface area contributed by atoms with E-state index in [2.05, 4.69) is 0 Å². The third-order valence-electron chi connectivity index (χ3n) is 3.63. The maximum atomic E-state index is 8.26. The van der Waals surface area contributed by atoms with E-state index in [1.54, 1.807) is 0 Å². The van der Waals surface area contributed by atoms with Gasteiger partial charge in [-0.1, -0.05) is 103 Å². The Kier molecular flexibility index (Phi) is 111. The summed E-state index contributed by atoms with van der Waals surface area (Å²) < 4.78 is 66.4. The van der Waals surface area contributed by atoms with Gasteiger partial charge in [-0.25, -0.2) is 0 Å². The Labute approximate surface area is 432 Å². The Hall–Kier alpha value is 6.54. The van der Waals surface area contributed by atoms with Gasteiger partial charge in [0.05, 0.1) is 75.6 Å². The van der Waals surface area contributed by atoms with Crippen molar-refractivity contribution in [1.82, 2.24) is 0 Å². The molecule has 0 aromatic heterocycles. The Morgan fingerprint density at radius 1 is 0.315 bits per heavy atom. The van der Waals surface area contributed by atoms with Crippen LogP contribution in [0.25, 0.3) is 0 Å². The van der Waals surface area contributed by atoms with Gasteiger partial charge in [-0.05, 0) is 51.4 Å². The first-order valence-electron chi connectivity index (χ1n) is 15.4. The summed E-state index contributed by atoms with van der Waals surface area (Å²) in [5.74, 6) is 0. The van der Waals surface area contributed by atoms with Crippen LogP contribution in [0.2, 0.25) is 0 Å². The molecule has 0 aliphatic carbocycles. The standard InChI is InChI=1S/4C6H15O2PS2.3Mo.3O.4S/c4*1-3-5-7-9(10,11)8-6-4-2;;;;;;;;;;/h4*3-6H2,1-2H3,(H,10,11);;;;;;;;;;/q;;;;3*+4;;;;4*-2/p-4.